The number of aliphatic hydroxyl groups excluding tert-OH is 2. The van der Waals surface area contributed by atoms with E-state index < -0.39 is 59.1 Å². The van der Waals surface area contributed by atoms with E-state index in [4.69, 9.17) is 10.5 Å². The molecular weight excluding hydrogens is 523 g/mol. The van der Waals surface area contributed by atoms with Crippen LogP contribution >= 0.6 is 22.4 Å². The van der Waals surface area contributed by atoms with Crippen LogP contribution in [0, 0.1) is 0 Å². The van der Waals surface area contributed by atoms with Gasteiger partial charge in [-0.25, -0.2) is 9.29 Å². The average Bonchev–Trinajstić information content (AvgIpc) is 3.12. The molecular formula is C10H12N5O13P3S-4. The van der Waals surface area contributed by atoms with Gasteiger partial charge in [0.25, 0.3) is 21.2 Å². The van der Waals surface area contributed by atoms with Gasteiger partial charge in [0.1, 0.15) is 18.3 Å². The zero-order valence-corrected chi connectivity index (χ0v) is 18.6. The molecule has 1 fully saturated rings. The molecule has 22 heteroatoms. The van der Waals surface area contributed by atoms with Crippen molar-refractivity contribution in [3.05, 3.63) is 16.7 Å². The van der Waals surface area contributed by atoms with Crippen molar-refractivity contribution in [3.63, 3.8) is 0 Å². The molecule has 18 nitrogen and oxygen atoms in total. The van der Waals surface area contributed by atoms with Gasteiger partial charge in [0.05, 0.1) is 12.9 Å². The quantitative estimate of drug-likeness (QED) is 0.231. The van der Waals surface area contributed by atoms with E-state index in [9.17, 15) is 43.7 Å². The van der Waals surface area contributed by atoms with Crippen LogP contribution < -0.4 is 30.9 Å². The van der Waals surface area contributed by atoms with Gasteiger partial charge in [-0.1, -0.05) is 6.72 Å². The Bertz CT molecular complexity index is 1210. The summed E-state index contributed by atoms with van der Waals surface area (Å²) in [5, 5.41) is 20.4. The molecule has 6 atom stereocenters. The molecule has 0 aliphatic carbocycles. The zero-order chi connectivity index (χ0) is 24.1. The Morgan fingerprint density at radius 1 is 1.22 bits per heavy atom. The predicted molar refractivity (Wildman–Crippen MR) is 96.1 cm³/mol. The fourth-order valence-electron chi connectivity index (χ4n) is 2.67. The molecule has 2 aromatic heterocycles. The summed E-state index contributed by atoms with van der Waals surface area (Å²) in [4.78, 5) is 66.0. The van der Waals surface area contributed by atoms with Crippen molar-refractivity contribution in [2.75, 3.05) is 12.3 Å². The van der Waals surface area contributed by atoms with Crippen LogP contribution in [0.15, 0.2) is 11.1 Å². The van der Waals surface area contributed by atoms with Gasteiger partial charge < -0.3 is 49.1 Å². The van der Waals surface area contributed by atoms with Crippen molar-refractivity contribution in [2.24, 2.45) is 0 Å². The Balaban J connectivity index is 1.72. The van der Waals surface area contributed by atoms with Gasteiger partial charge >= 0.3 is 0 Å². The van der Waals surface area contributed by atoms with Gasteiger partial charge in [0.2, 0.25) is 5.95 Å². The molecule has 0 radical (unpaired) electrons. The van der Waals surface area contributed by atoms with E-state index in [2.05, 4.69) is 39.9 Å². The summed E-state index contributed by atoms with van der Waals surface area (Å²) >= 11 is 3.67. The van der Waals surface area contributed by atoms with Crippen LogP contribution in [0.5, 0.6) is 0 Å². The first-order valence-electron chi connectivity index (χ1n) is 8.04. The highest BCUT2D eigenvalue weighted by molar-refractivity contribution is 8.06. The number of anilines is 1. The van der Waals surface area contributed by atoms with E-state index in [1.165, 1.54) is 0 Å². The lowest BCUT2D eigenvalue weighted by molar-refractivity contribution is -0.320. The van der Waals surface area contributed by atoms with Crippen LogP contribution in [0.2, 0.25) is 0 Å². The summed E-state index contributed by atoms with van der Waals surface area (Å²) in [6, 6.07) is 0. The lowest BCUT2D eigenvalue weighted by Crippen LogP contribution is -2.34. The topological polar surface area (TPSA) is 293 Å². The Hall–Kier alpha value is -1.14. The highest BCUT2D eigenvalue weighted by atomic mass is 32.5. The van der Waals surface area contributed by atoms with Gasteiger partial charge in [-0.15, -0.1) is 11.8 Å². The molecule has 1 saturated heterocycles. The molecule has 6 unspecified atom stereocenters. The number of phosphoric ester groups is 1. The highest BCUT2D eigenvalue weighted by Gasteiger charge is 2.45. The minimum atomic E-state index is -5.96. The van der Waals surface area contributed by atoms with Crippen LogP contribution in [-0.2, 0) is 38.8 Å². The second-order valence-electron chi connectivity index (χ2n) is 6.12. The molecule has 0 amide bonds. The second-order valence-corrected chi connectivity index (χ2v) is 11.7. The molecule has 5 N–H and O–H groups in total. The Morgan fingerprint density at radius 3 is 2.50 bits per heavy atom. The maximum absolute atomic E-state index is 11.8. The van der Waals surface area contributed by atoms with Gasteiger partial charge in [0.15, 0.2) is 17.4 Å². The minimum Gasteiger partial charge on any atom is -0.812 e. The summed E-state index contributed by atoms with van der Waals surface area (Å²) in [6.07, 6.45) is -5.46. The summed E-state index contributed by atoms with van der Waals surface area (Å²) in [6.45, 7) is -6.41. The molecule has 0 bridgehead atoms. The van der Waals surface area contributed by atoms with Crippen LogP contribution in [0.1, 0.15) is 6.23 Å². The summed E-state index contributed by atoms with van der Waals surface area (Å²) in [7, 11) is -11.7. The minimum absolute atomic E-state index is 0.128. The van der Waals surface area contributed by atoms with Crippen molar-refractivity contribution in [2.45, 2.75) is 24.5 Å². The first-order valence-corrected chi connectivity index (χ1v) is 13.5. The Morgan fingerprint density at radius 2 is 1.88 bits per heavy atom. The molecule has 180 valence electrons. The lowest BCUT2D eigenvalue weighted by Gasteiger charge is -2.40. The number of nitrogens with one attached hydrogen (secondary N) is 1. The lowest BCUT2D eigenvalue weighted by atomic mass is 10.1. The maximum atomic E-state index is 11.8. The van der Waals surface area contributed by atoms with Crippen LogP contribution in [0.4, 0.5) is 5.95 Å². The smallest absolute Gasteiger partial charge is 0.280 e. The number of hydrogen-bond acceptors (Lipinski definition) is 17. The number of nitrogens with two attached hydrogens (primary N) is 1. The van der Waals surface area contributed by atoms with Crippen LogP contribution in [0.25, 0.3) is 11.2 Å². The SMILES string of the molecule is Nc1nc2c(ncn2C2OC(COP(=O)([O-])OP(=O)([O-])OP([O-])([O-])=S)C(O)C2O)c(=O)[nH]1. The van der Waals surface area contributed by atoms with Gasteiger partial charge in [0, 0.05) is 0 Å². The Labute approximate surface area is 181 Å². The number of nitrogen functional groups attached to an aromatic ring is 1. The fraction of sp³-hybridized carbons (Fsp3) is 0.500. The van der Waals surface area contributed by atoms with Crippen molar-refractivity contribution >= 4 is 51.3 Å². The number of nitrogens with zero attached hydrogens (tertiary/aromatic N) is 3. The van der Waals surface area contributed by atoms with E-state index in [1.54, 1.807) is 0 Å². The number of fused-ring (bicyclic) bond motifs is 1. The number of aromatic amines is 1. The number of aromatic nitrogens is 4. The van der Waals surface area contributed by atoms with Gasteiger partial charge in [-0.2, -0.15) is 4.98 Å². The maximum Gasteiger partial charge on any atom is 0.280 e. The summed E-state index contributed by atoms with van der Waals surface area (Å²) < 4.78 is 40.5. The second kappa shape index (κ2) is 8.90. The standard InChI is InChI=1S/C10H16N5O13P3S/c11-10-13-7-4(8(18)14-10)12-2-15(7)9-6(17)5(16)3(26-9)1-25-29(19,20)27-30(21,22)28-31(23,24)32/h2-3,5-6,9,16-17H,1H2,(H,19,20)(H,21,22)(H2,23,24,32)(H3,11,13,14,18)/p-4. The molecule has 1 aliphatic heterocycles. The molecule has 0 saturated carbocycles. The fourth-order valence-corrected chi connectivity index (χ4v) is 6.27. The zero-order valence-electron chi connectivity index (χ0n) is 15.1. The number of ether oxygens (including phenoxy) is 1. The summed E-state index contributed by atoms with van der Waals surface area (Å²) in [5.41, 5.74) is 4.46. The van der Waals surface area contributed by atoms with E-state index >= 15 is 0 Å². The molecule has 3 rings (SSSR count). The third-order valence-electron chi connectivity index (χ3n) is 3.86. The predicted octanol–water partition coefficient (Wildman–Crippen LogP) is -4.75. The molecule has 32 heavy (non-hydrogen) atoms. The van der Waals surface area contributed by atoms with Crippen molar-refractivity contribution in [3.8, 4) is 0 Å². The van der Waals surface area contributed by atoms with E-state index in [0.29, 0.717) is 0 Å². The third-order valence-corrected chi connectivity index (χ3v) is 8.12. The number of imidazole rings is 1. The normalized spacial score (nSPS) is 27.9. The molecule has 0 spiro atoms. The highest BCUT2D eigenvalue weighted by Crippen LogP contribution is 2.60. The largest absolute Gasteiger partial charge is 0.812 e. The number of rotatable bonds is 8. The Kier molecular flexibility index (Phi) is 7.09. The monoisotopic (exact) mass is 535 g/mol. The molecule has 1 aliphatic rings. The molecule has 2 aromatic rings. The average molecular weight is 535 g/mol. The number of aliphatic hydroxyl groups is 2. The molecule has 3 heterocycles. The number of hydrogen-bond donors (Lipinski definition) is 4. The third kappa shape index (κ3) is 5.85. The van der Waals surface area contributed by atoms with E-state index in [0.717, 1.165) is 10.9 Å². The van der Waals surface area contributed by atoms with Gasteiger partial charge in [-0.3, -0.25) is 23.5 Å². The van der Waals surface area contributed by atoms with E-state index in [1.807, 2.05) is 0 Å². The number of H-pyrrole nitrogens is 1. The van der Waals surface area contributed by atoms with Crippen LogP contribution in [0.3, 0.4) is 0 Å². The summed E-state index contributed by atoms with van der Waals surface area (Å²) in [5.74, 6) is -0.285. The van der Waals surface area contributed by atoms with Crippen molar-refractivity contribution < 1.29 is 56.8 Å². The van der Waals surface area contributed by atoms with Crippen molar-refractivity contribution in [1.29, 1.82) is 0 Å². The van der Waals surface area contributed by atoms with E-state index in [-0.39, 0.29) is 17.1 Å². The van der Waals surface area contributed by atoms with Gasteiger partial charge in [-0.05, 0) is 0 Å². The first kappa shape index (κ1) is 25.5. The molecule has 0 aromatic carbocycles. The first-order chi connectivity index (χ1) is 14.6. The van der Waals surface area contributed by atoms with Crippen LogP contribution in [-0.4, -0.2) is 54.7 Å². The number of phosphoric acid groups is 2. The van der Waals surface area contributed by atoms with Crippen molar-refractivity contribution in [1.82, 2.24) is 19.5 Å².